The van der Waals surface area contributed by atoms with Gasteiger partial charge in [0.15, 0.2) is 6.20 Å². The van der Waals surface area contributed by atoms with E-state index in [-0.39, 0.29) is 17.6 Å². The van der Waals surface area contributed by atoms with Crippen LogP contribution in [-0.2, 0) is 16.9 Å². The van der Waals surface area contributed by atoms with Gasteiger partial charge in [-0.05, 0) is 56.0 Å². The number of carbonyl (C=O) groups excluding carboxylic acids is 2. The Morgan fingerprint density at radius 3 is 2.62 bits per heavy atom. The smallest absolute Gasteiger partial charge is 0.313 e. The van der Waals surface area contributed by atoms with Crippen LogP contribution in [-0.4, -0.2) is 61.6 Å². The number of benzene rings is 1. The van der Waals surface area contributed by atoms with Crippen LogP contribution in [0.1, 0.15) is 49.2 Å². The Balaban J connectivity index is 1.46. The summed E-state index contributed by atoms with van der Waals surface area (Å²) in [5.41, 5.74) is 1.77. The maximum absolute atomic E-state index is 13.4. The summed E-state index contributed by atoms with van der Waals surface area (Å²) in [6, 6.07) is 8.18. The van der Waals surface area contributed by atoms with Crippen molar-refractivity contribution in [2.24, 2.45) is 0 Å². The number of hydrogen-bond acceptors (Lipinski definition) is 4. The van der Waals surface area contributed by atoms with Gasteiger partial charge in [-0.2, -0.15) is 4.57 Å². The van der Waals surface area contributed by atoms with Crippen molar-refractivity contribution in [3.05, 3.63) is 53.6 Å². The lowest BCUT2D eigenvalue weighted by Crippen LogP contribution is -2.71. The van der Waals surface area contributed by atoms with Crippen LogP contribution in [0.15, 0.2) is 36.5 Å². The third-order valence-corrected chi connectivity index (χ3v) is 7.73. The highest BCUT2D eigenvalue weighted by Gasteiger charge is 2.58. The Morgan fingerprint density at radius 1 is 1.24 bits per heavy atom. The average Bonchev–Trinajstić information content (AvgIpc) is 3.30. The molecule has 2 fully saturated rings. The number of aliphatic hydroxyl groups is 1. The number of aromatic nitrogens is 3. The van der Waals surface area contributed by atoms with Gasteiger partial charge in [-0.1, -0.05) is 16.5 Å². The first-order chi connectivity index (χ1) is 16.2. The molecule has 3 aromatic rings. The zero-order valence-corrected chi connectivity index (χ0v) is 19.3. The van der Waals surface area contributed by atoms with Crippen molar-refractivity contribution in [1.29, 1.82) is 0 Å². The van der Waals surface area contributed by atoms with Crippen LogP contribution >= 0.6 is 0 Å². The van der Waals surface area contributed by atoms with Crippen molar-refractivity contribution < 1.29 is 23.7 Å². The van der Waals surface area contributed by atoms with Gasteiger partial charge in [0.05, 0.1) is 6.54 Å². The predicted octanol–water partition coefficient (Wildman–Crippen LogP) is 1.88. The summed E-state index contributed by atoms with van der Waals surface area (Å²) in [5, 5.41) is 15.4. The van der Waals surface area contributed by atoms with Crippen molar-refractivity contribution in [2.45, 2.75) is 50.8 Å². The van der Waals surface area contributed by atoms with Crippen LogP contribution in [0.2, 0.25) is 0 Å². The lowest BCUT2D eigenvalue weighted by atomic mass is 9.79. The molecule has 2 aromatic heterocycles. The molecule has 1 saturated carbocycles. The van der Waals surface area contributed by atoms with E-state index < -0.39 is 11.3 Å². The predicted molar refractivity (Wildman–Crippen MR) is 120 cm³/mol. The summed E-state index contributed by atoms with van der Waals surface area (Å²) >= 11 is 0. The molecule has 8 nitrogen and oxygen atoms in total. The molecule has 1 atom stereocenters. The normalized spacial score (nSPS) is 23.1. The maximum atomic E-state index is 13.4. The number of carbonyl (C=O) groups is 2. The Bertz CT molecular complexity index is 1350. The minimum Gasteiger partial charge on any atom is -0.380 e. The van der Waals surface area contributed by atoms with E-state index in [9.17, 15) is 19.1 Å². The van der Waals surface area contributed by atoms with E-state index in [1.54, 1.807) is 27.7 Å². The first-order valence-electron chi connectivity index (χ1n) is 11.8. The molecule has 4 heterocycles. The largest absolute Gasteiger partial charge is 0.380 e. The molecule has 1 N–H and O–H groups in total. The molecule has 2 aliphatic heterocycles. The monoisotopic (exact) mass is 464 g/mol. The van der Waals surface area contributed by atoms with Crippen molar-refractivity contribution >= 4 is 17.5 Å². The van der Waals surface area contributed by atoms with E-state index in [0.29, 0.717) is 50.3 Å². The average molecular weight is 465 g/mol. The molecule has 176 valence electrons. The molecular formula is C25H27FN5O3+. The molecule has 0 spiro atoms. The van der Waals surface area contributed by atoms with E-state index in [1.807, 2.05) is 29.4 Å². The number of piperazine rings is 1. The van der Waals surface area contributed by atoms with Crippen molar-refractivity contribution in [3.63, 3.8) is 0 Å². The molecule has 34 heavy (non-hydrogen) atoms. The summed E-state index contributed by atoms with van der Waals surface area (Å²) < 4.78 is 17.2. The van der Waals surface area contributed by atoms with Gasteiger partial charge in [0, 0.05) is 31.1 Å². The maximum Gasteiger partial charge on any atom is 0.313 e. The third-order valence-electron chi connectivity index (χ3n) is 7.73. The second kappa shape index (κ2) is 7.09. The molecule has 6 rings (SSSR count). The minimum absolute atomic E-state index is 0.0900. The van der Waals surface area contributed by atoms with Gasteiger partial charge in [0.1, 0.15) is 17.1 Å². The van der Waals surface area contributed by atoms with Gasteiger partial charge >= 0.3 is 11.6 Å². The molecule has 0 bridgehead atoms. The van der Waals surface area contributed by atoms with Gasteiger partial charge in [-0.25, -0.2) is 4.39 Å². The topological polar surface area (TPSA) is 82.0 Å². The minimum atomic E-state index is -1.27. The number of rotatable bonds is 3. The van der Waals surface area contributed by atoms with E-state index in [2.05, 4.69) is 0 Å². The van der Waals surface area contributed by atoms with Gasteiger partial charge in [-0.15, -0.1) is 0 Å². The zero-order valence-electron chi connectivity index (χ0n) is 19.3. The summed E-state index contributed by atoms with van der Waals surface area (Å²) in [4.78, 5) is 30.0. The first-order valence-corrected chi connectivity index (χ1v) is 11.8. The van der Waals surface area contributed by atoms with Crippen LogP contribution in [0.25, 0.3) is 16.9 Å². The lowest BCUT2D eigenvalue weighted by molar-refractivity contribution is -0.749. The van der Waals surface area contributed by atoms with Crippen molar-refractivity contribution in [1.82, 2.24) is 19.4 Å². The van der Waals surface area contributed by atoms with Crippen molar-refractivity contribution in [3.8, 4) is 11.3 Å². The highest BCUT2D eigenvalue weighted by Crippen LogP contribution is 2.37. The highest BCUT2D eigenvalue weighted by atomic mass is 19.1. The Morgan fingerprint density at radius 2 is 1.97 bits per heavy atom. The second-order valence-electron chi connectivity index (χ2n) is 9.82. The van der Waals surface area contributed by atoms with E-state index in [4.69, 9.17) is 5.10 Å². The zero-order chi connectivity index (χ0) is 23.8. The number of fused-ring (bicyclic) bond motifs is 5. The summed E-state index contributed by atoms with van der Waals surface area (Å²) in [6.07, 6.45) is 4.29. The van der Waals surface area contributed by atoms with Gasteiger partial charge in [0.25, 0.3) is 5.91 Å². The number of nitrogens with zero attached hydrogens (tertiary/aromatic N) is 5. The first kappa shape index (κ1) is 21.2. The number of amides is 2. The van der Waals surface area contributed by atoms with Crippen molar-refractivity contribution in [2.75, 3.05) is 19.6 Å². The molecular weight excluding hydrogens is 437 g/mol. The molecule has 1 saturated heterocycles. The highest BCUT2D eigenvalue weighted by molar-refractivity contribution is 5.93. The quantitative estimate of drug-likeness (QED) is 0.600. The Kier molecular flexibility index (Phi) is 4.42. The molecule has 1 unspecified atom stereocenters. The fraction of sp³-hybridized carbons (Fsp3) is 0.440. The number of imidazole rings is 1. The fourth-order valence-electron chi connectivity index (χ4n) is 5.68. The molecule has 9 heteroatoms. The molecule has 0 radical (unpaired) electrons. The molecule has 3 aliphatic rings. The molecule has 2 amide bonds. The van der Waals surface area contributed by atoms with Gasteiger partial charge in [0.2, 0.25) is 11.4 Å². The van der Waals surface area contributed by atoms with Crippen LogP contribution in [0.5, 0.6) is 0 Å². The second-order valence-corrected chi connectivity index (χ2v) is 9.82. The van der Waals surface area contributed by atoms with E-state index in [0.717, 1.165) is 23.2 Å². The summed E-state index contributed by atoms with van der Waals surface area (Å²) in [6.45, 7) is 5.14. The van der Waals surface area contributed by atoms with Crippen LogP contribution < -0.4 is 4.57 Å². The van der Waals surface area contributed by atoms with Crippen LogP contribution in [0, 0.1) is 5.82 Å². The Hall–Kier alpha value is -3.33. The summed E-state index contributed by atoms with van der Waals surface area (Å²) in [7, 11) is 0. The van der Waals surface area contributed by atoms with Gasteiger partial charge in [-0.3, -0.25) is 14.5 Å². The third kappa shape index (κ3) is 2.79. The SMILES string of the molecule is CCc1cc(-c2ccc(F)cc2)nn2cc3[n+](c12)C1(C)CN(C(=O)C2(O)CCC2)CCN1C3=O. The van der Waals surface area contributed by atoms with E-state index in [1.165, 1.54) is 12.1 Å². The standard InChI is InChI=1S/C25H27FN5O3/c1-3-16-13-19(17-5-7-18(26)8-6-17)27-30-14-20-22(32)29-12-11-28(23(33)25(34)9-4-10-25)15-24(29,2)31(20)21(16)30/h5-8,13-14,34H,3-4,9-12,15H2,1-2H3/q+1. The van der Waals surface area contributed by atoms with Crippen LogP contribution in [0.4, 0.5) is 4.39 Å². The Labute approximate surface area is 196 Å². The van der Waals surface area contributed by atoms with Crippen LogP contribution in [0.3, 0.4) is 0 Å². The van der Waals surface area contributed by atoms with Gasteiger partial charge < -0.3 is 10.0 Å². The number of halogens is 1. The summed E-state index contributed by atoms with van der Waals surface area (Å²) in [5.74, 6) is -0.637. The molecule has 1 aromatic carbocycles. The fourth-order valence-corrected chi connectivity index (χ4v) is 5.68. The molecule has 1 aliphatic carbocycles. The lowest BCUT2D eigenvalue weighted by Gasteiger charge is -2.46. The number of hydrogen-bond donors (Lipinski definition) is 1. The van der Waals surface area contributed by atoms with E-state index >= 15 is 0 Å². The number of aryl methyl sites for hydroxylation is 1.